The minimum atomic E-state index is -0.384. The van der Waals surface area contributed by atoms with Crippen molar-refractivity contribution >= 4 is 39.6 Å². The molecule has 1 saturated carbocycles. The second-order valence-corrected chi connectivity index (χ2v) is 6.66. The number of amides is 2. The summed E-state index contributed by atoms with van der Waals surface area (Å²) in [5.41, 5.74) is 3.96. The molecule has 3 N–H and O–H groups in total. The van der Waals surface area contributed by atoms with Crippen LogP contribution in [-0.2, 0) is 4.79 Å². The summed E-state index contributed by atoms with van der Waals surface area (Å²) >= 11 is 3.30. The van der Waals surface area contributed by atoms with Crippen molar-refractivity contribution in [3.05, 3.63) is 58.1 Å². The van der Waals surface area contributed by atoms with Crippen LogP contribution in [0.5, 0.6) is 5.75 Å². The third-order valence-electron chi connectivity index (χ3n) is 3.72. The van der Waals surface area contributed by atoms with Gasteiger partial charge in [0.2, 0.25) is 5.91 Å². The predicted octanol–water partition coefficient (Wildman–Crippen LogP) is 3.27. The first-order valence-corrected chi connectivity index (χ1v) is 8.55. The van der Waals surface area contributed by atoms with Gasteiger partial charge in [-0.15, -0.1) is 0 Å². The van der Waals surface area contributed by atoms with Gasteiger partial charge in [-0.25, -0.2) is 5.43 Å². The van der Waals surface area contributed by atoms with E-state index >= 15 is 0 Å². The number of anilines is 1. The Morgan fingerprint density at radius 3 is 2.56 bits per heavy atom. The van der Waals surface area contributed by atoms with Gasteiger partial charge in [0.25, 0.3) is 5.91 Å². The molecule has 0 aromatic heterocycles. The Balaban J connectivity index is 1.58. The van der Waals surface area contributed by atoms with E-state index in [0.29, 0.717) is 16.8 Å². The van der Waals surface area contributed by atoms with E-state index in [0.717, 1.165) is 17.3 Å². The van der Waals surface area contributed by atoms with Crippen molar-refractivity contribution in [3.63, 3.8) is 0 Å². The molecule has 0 radical (unpaired) electrons. The molecule has 3 rings (SSSR count). The number of phenols is 1. The van der Waals surface area contributed by atoms with Crippen LogP contribution in [0.4, 0.5) is 5.69 Å². The Morgan fingerprint density at radius 2 is 1.88 bits per heavy atom. The normalized spacial score (nSPS) is 13.6. The summed E-state index contributed by atoms with van der Waals surface area (Å²) in [6.07, 6.45) is 3.25. The third-order valence-corrected chi connectivity index (χ3v) is 4.22. The topological polar surface area (TPSA) is 90.8 Å². The standard InChI is InChI=1S/C18H16BrN3O3/c19-14-5-8-16(23)13(9-14)10-20-22-18(25)12-3-6-15(7-4-12)21-17(24)11-1-2-11/h3-11,23H,1-2H2,(H,21,24)(H,22,25)/b20-10+. The highest BCUT2D eigenvalue weighted by atomic mass is 79.9. The number of hydrogen-bond acceptors (Lipinski definition) is 4. The Hall–Kier alpha value is -2.67. The van der Waals surface area contributed by atoms with E-state index in [2.05, 4.69) is 31.8 Å². The van der Waals surface area contributed by atoms with Crippen molar-refractivity contribution in [3.8, 4) is 5.75 Å². The molecule has 0 unspecified atom stereocenters. The van der Waals surface area contributed by atoms with Crippen LogP contribution in [-0.4, -0.2) is 23.1 Å². The maximum atomic E-state index is 12.1. The van der Waals surface area contributed by atoms with Crippen molar-refractivity contribution in [2.45, 2.75) is 12.8 Å². The molecule has 128 valence electrons. The minimum absolute atomic E-state index is 0.0237. The fourth-order valence-electron chi connectivity index (χ4n) is 2.15. The fourth-order valence-corrected chi connectivity index (χ4v) is 2.53. The van der Waals surface area contributed by atoms with Crippen molar-refractivity contribution in [2.24, 2.45) is 11.0 Å². The lowest BCUT2D eigenvalue weighted by Gasteiger charge is -2.05. The monoisotopic (exact) mass is 401 g/mol. The lowest BCUT2D eigenvalue weighted by Crippen LogP contribution is -2.18. The Kier molecular flexibility index (Phi) is 5.14. The van der Waals surface area contributed by atoms with E-state index in [1.165, 1.54) is 12.3 Å². The highest BCUT2D eigenvalue weighted by molar-refractivity contribution is 9.10. The predicted molar refractivity (Wildman–Crippen MR) is 98.7 cm³/mol. The van der Waals surface area contributed by atoms with E-state index in [1.807, 2.05) is 0 Å². The molecule has 0 heterocycles. The number of rotatable bonds is 5. The first-order chi connectivity index (χ1) is 12.0. The maximum absolute atomic E-state index is 12.1. The molecular weight excluding hydrogens is 386 g/mol. The average Bonchev–Trinajstić information content (AvgIpc) is 3.43. The molecule has 1 aliphatic carbocycles. The smallest absolute Gasteiger partial charge is 0.271 e. The second-order valence-electron chi connectivity index (χ2n) is 5.74. The summed E-state index contributed by atoms with van der Waals surface area (Å²) < 4.78 is 0.793. The summed E-state index contributed by atoms with van der Waals surface area (Å²) in [4.78, 5) is 23.7. The van der Waals surface area contributed by atoms with Crippen LogP contribution >= 0.6 is 15.9 Å². The zero-order valence-electron chi connectivity index (χ0n) is 13.2. The molecule has 2 aromatic carbocycles. The molecule has 0 bridgehead atoms. The number of nitrogens with one attached hydrogen (secondary N) is 2. The lowest BCUT2D eigenvalue weighted by molar-refractivity contribution is -0.117. The number of halogens is 1. The summed E-state index contributed by atoms with van der Waals surface area (Å²) in [6, 6.07) is 11.5. The van der Waals surface area contributed by atoms with Gasteiger partial charge in [-0.1, -0.05) is 15.9 Å². The van der Waals surface area contributed by atoms with Crippen LogP contribution in [0.25, 0.3) is 0 Å². The summed E-state index contributed by atoms with van der Waals surface area (Å²) in [5.74, 6) is -0.162. The summed E-state index contributed by atoms with van der Waals surface area (Å²) in [5, 5.41) is 16.4. The van der Waals surface area contributed by atoms with E-state index in [-0.39, 0.29) is 23.5 Å². The van der Waals surface area contributed by atoms with Gasteiger partial charge >= 0.3 is 0 Å². The van der Waals surface area contributed by atoms with Crippen molar-refractivity contribution in [2.75, 3.05) is 5.32 Å². The Labute approximate surface area is 153 Å². The zero-order chi connectivity index (χ0) is 17.8. The van der Waals surface area contributed by atoms with Gasteiger partial charge in [-0.2, -0.15) is 5.10 Å². The number of hydrazone groups is 1. The largest absolute Gasteiger partial charge is 0.507 e. The molecule has 2 aromatic rings. The van der Waals surface area contributed by atoms with Gasteiger partial charge in [-0.3, -0.25) is 9.59 Å². The maximum Gasteiger partial charge on any atom is 0.271 e. The zero-order valence-corrected chi connectivity index (χ0v) is 14.8. The first kappa shape index (κ1) is 17.2. The molecule has 0 spiro atoms. The van der Waals surface area contributed by atoms with Crippen LogP contribution in [0, 0.1) is 5.92 Å². The van der Waals surface area contributed by atoms with Crippen LogP contribution in [0.2, 0.25) is 0 Å². The van der Waals surface area contributed by atoms with E-state index in [4.69, 9.17) is 0 Å². The number of nitrogens with zero attached hydrogens (tertiary/aromatic N) is 1. The number of phenolic OH excluding ortho intramolecular Hbond substituents is 1. The first-order valence-electron chi connectivity index (χ1n) is 7.76. The molecule has 25 heavy (non-hydrogen) atoms. The highest BCUT2D eigenvalue weighted by Crippen LogP contribution is 2.30. The minimum Gasteiger partial charge on any atom is -0.507 e. The van der Waals surface area contributed by atoms with Gasteiger partial charge in [-0.05, 0) is 55.3 Å². The van der Waals surface area contributed by atoms with Gasteiger partial charge in [0.05, 0.1) is 6.21 Å². The summed E-state index contributed by atoms with van der Waals surface area (Å²) in [6.45, 7) is 0. The highest BCUT2D eigenvalue weighted by Gasteiger charge is 2.29. The molecule has 1 aliphatic rings. The molecule has 2 amide bonds. The van der Waals surface area contributed by atoms with Crippen molar-refractivity contribution in [1.82, 2.24) is 5.43 Å². The SMILES string of the molecule is O=C(N/N=C/c1cc(Br)ccc1O)c1ccc(NC(=O)C2CC2)cc1. The van der Waals surface area contributed by atoms with Gasteiger partial charge in [0.15, 0.2) is 0 Å². The third kappa shape index (κ3) is 4.67. The number of hydrogen-bond donors (Lipinski definition) is 3. The van der Waals surface area contributed by atoms with Gasteiger partial charge in [0, 0.05) is 27.2 Å². The number of carbonyl (C=O) groups excluding carboxylic acids is 2. The van der Waals surface area contributed by atoms with E-state index in [9.17, 15) is 14.7 Å². The Bertz CT molecular complexity index is 830. The lowest BCUT2D eigenvalue weighted by atomic mass is 10.2. The van der Waals surface area contributed by atoms with Crippen LogP contribution in [0.3, 0.4) is 0 Å². The van der Waals surface area contributed by atoms with Crippen molar-refractivity contribution < 1.29 is 14.7 Å². The number of aromatic hydroxyl groups is 1. The van der Waals surface area contributed by atoms with E-state index < -0.39 is 0 Å². The van der Waals surface area contributed by atoms with Gasteiger partial charge in [0.1, 0.15) is 5.75 Å². The molecule has 0 atom stereocenters. The average molecular weight is 402 g/mol. The van der Waals surface area contributed by atoms with Crippen molar-refractivity contribution in [1.29, 1.82) is 0 Å². The molecular formula is C18H16BrN3O3. The molecule has 0 saturated heterocycles. The van der Waals surface area contributed by atoms with Crippen LogP contribution in [0.1, 0.15) is 28.8 Å². The molecule has 6 nitrogen and oxygen atoms in total. The van der Waals surface area contributed by atoms with E-state index in [1.54, 1.807) is 36.4 Å². The Morgan fingerprint density at radius 1 is 1.16 bits per heavy atom. The van der Waals surface area contributed by atoms with Crippen LogP contribution < -0.4 is 10.7 Å². The quantitative estimate of drug-likeness (QED) is 0.530. The number of carbonyl (C=O) groups is 2. The second kappa shape index (κ2) is 7.48. The van der Waals surface area contributed by atoms with Gasteiger partial charge < -0.3 is 10.4 Å². The molecule has 1 fully saturated rings. The molecule has 7 heteroatoms. The number of benzene rings is 2. The molecule has 0 aliphatic heterocycles. The van der Waals surface area contributed by atoms with Crippen LogP contribution in [0.15, 0.2) is 52.0 Å². The fraction of sp³-hybridized carbons (Fsp3) is 0.167. The summed E-state index contributed by atoms with van der Waals surface area (Å²) in [7, 11) is 0.